The van der Waals surface area contributed by atoms with E-state index in [4.69, 9.17) is 4.74 Å². The fourth-order valence-corrected chi connectivity index (χ4v) is 1.88. The lowest BCUT2D eigenvalue weighted by Gasteiger charge is -2.18. The van der Waals surface area contributed by atoms with Gasteiger partial charge in [0.05, 0.1) is 7.11 Å². The maximum atomic E-state index is 5.17. The summed E-state index contributed by atoms with van der Waals surface area (Å²) in [5.74, 6) is 1.68. The molecule has 0 aliphatic rings. The second-order valence-electron chi connectivity index (χ2n) is 4.87. The fourth-order valence-electron chi connectivity index (χ4n) is 1.88. The Morgan fingerprint density at radius 2 is 1.82 bits per heavy atom. The van der Waals surface area contributed by atoms with Crippen LogP contribution in [0.2, 0.25) is 0 Å². The molecule has 0 bridgehead atoms. The standard InChI is InChI=1S/C15H25NO/c1-5-15(16-11-10-12(2)3)13-6-8-14(17-4)9-7-13/h6-9,12,15-16H,5,10-11H2,1-4H3. The van der Waals surface area contributed by atoms with Gasteiger partial charge in [-0.15, -0.1) is 0 Å². The molecule has 2 nitrogen and oxygen atoms in total. The van der Waals surface area contributed by atoms with E-state index in [9.17, 15) is 0 Å². The zero-order chi connectivity index (χ0) is 12.7. The molecule has 0 amide bonds. The molecule has 0 radical (unpaired) electrons. The molecule has 0 spiro atoms. The highest BCUT2D eigenvalue weighted by Gasteiger charge is 2.08. The minimum absolute atomic E-state index is 0.458. The molecule has 1 unspecified atom stereocenters. The van der Waals surface area contributed by atoms with Crippen molar-refractivity contribution in [2.45, 2.75) is 39.7 Å². The zero-order valence-corrected chi connectivity index (χ0v) is 11.5. The Morgan fingerprint density at radius 3 is 2.29 bits per heavy atom. The first-order valence-electron chi connectivity index (χ1n) is 6.54. The molecule has 0 heterocycles. The van der Waals surface area contributed by atoms with Crippen molar-refractivity contribution in [3.63, 3.8) is 0 Å². The van der Waals surface area contributed by atoms with Crippen LogP contribution in [-0.2, 0) is 0 Å². The van der Waals surface area contributed by atoms with Crippen molar-refractivity contribution >= 4 is 0 Å². The van der Waals surface area contributed by atoms with Crippen molar-refractivity contribution < 1.29 is 4.74 Å². The van der Waals surface area contributed by atoms with Crippen LogP contribution in [0.5, 0.6) is 5.75 Å². The van der Waals surface area contributed by atoms with Crippen molar-refractivity contribution in [2.75, 3.05) is 13.7 Å². The van der Waals surface area contributed by atoms with Gasteiger partial charge in [-0.1, -0.05) is 32.9 Å². The summed E-state index contributed by atoms with van der Waals surface area (Å²) in [4.78, 5) is 0. The minimum Gasteiger partial charge on any atom is -0.497 e. The minimum atomic E-state index is 0.458. The highest BCUT2D eigenvalue weighted by molar-refractivity contribution is 5.29. The van der Waals surface area contributed by atoms with Gasteiger partial charge in [0.2, 0.25) is 0 Å². The lowest BCUT2D eigenvalue weighted by atomic mass is 10.0. The third-order valence-corrected chi connectivity index (χ3v) is 3.04. The summed E-state index contributed by atoms with van der Waals surface area (Å²) in [5.41, 5.74) is 1.34. The van der Waals surface area contributed by atoms with Crippen LogP contribution in [0.4, 0.5) is 0 Å². The molecule has 1 N–H and O–H groups in total. The van der Waals surface area contributed by atoms with Gasteiger partial charge in [0.25, 0.3) is 0 Å². The highest BCUT2D eigenvalue weighted by Crippen LogP contribution is 2.20. The van der Waals surface area contributed by atoms with Crippen molar-refractivity contribution in [3.8, 4) is 5.75 Å². The number of ether oxygens (including phenoxy) is 1. The normalized spacial score (nSPS) is 12.8. The molecule has 1 rings (SSSR count). The number of methoxy groups -OCH3 is 1. The van der Waals surface area contributed by atoms with E-state index in [0.717, 1.165) is 24.6 Å². The first kappa shape index (κ1) is 14.0. The van der Waals surface area contributed by atoms with Gasteiger partial charge in [-0.25, -0.2) is 0 Å². The molecule has 2 heteroatoms. The highest BCUT2D eigenvalue weighted by atomic mass is 16.5. The van der Waals surface area contributed by atoms with E-state index >= 15 is 0 Å². The number of rotatable bonds is 7. The van der Waals surface area contributed by atoms with Gasteiger partial charge in [-0.2, -0.15) is 0 Å². The van der Waals surface area contributed by atoms with Crippen molar-refractivity contribution in [1.29, 1.82) is 0 Å². The smallest absolute Gasteiger partial charge is 0.118 e. The van der Waals surface area contributed by atoms with Crippen LogP contribution in [0.3, 0.4) is 0 Å². The van der Waals surface area contributed by atoms with Gasteiger partial charge in [0, 0.05) is 6.04 Å². The maximum absolute atomic E-state index is 5.17. The van der Waals surface area contributed by atoms with E-state index in [1.165, 1.54) is 12.0 Å². The summed E-state index contributed by atoms with van der Waals surface area (Å²) < 4.78 is 5.17. The van der Waals surface area contributed by atoms with E-state index in [0.29, 0.717) is 6.04 Å². The molecule has 96 valence electrons. The van der Waals surface area contributed by atoms with Crippen LogP contribution >= 0.6 is 0 Å². The summed E-state index contributed by atoms with van der Waals surface area (Å²) in [6.07, 6.45) is 2.34. The van der Waals surface area contributed by atoms with E-state index in [1.807, 2.05) is 12.1 Å². The first-order valence-corrected chi connectivity index (χ1v) is 6.54. The first-order chi connectivity index (χ1) is 8.17. The zero-order valence-electron chi connectivity index (χ0n) is 11.5. The molecule has 0 saturated heterocycles. The number of hydrogen-bond acceptors (Lipinski definition) is 2. The van der Waals surface area contributed by atoms with Crippen LogP contribution in [0.1, 0.15) is 45.2 Å². The molecular weight excluding hydrogens is 210 g/mol. The molecule has 1 aromatic rings. The average Bonchev–Trinajstić information content (AvgIpc) is 2.34. The van der Waals surface area contributed by atoms with E-state index in [-0.39, 0.29) is 0 Å². The Kier molecular flexibility index (Phi) is 6.06. The number of hydrogen-bond donors (Lipinski definition) is 1. The second kappa shape index (κ2) is 7.33. The summed E-state index contributed by atoms with van der Waals surface area (Å²) in [6, 6.07) is 8.81. The SMILES string of the molecule is CCC(NCCC(C)C)c1ccc(OC)cc1. The summed E-state index contributed by atoms with van der Waals surface area (Å²) in [6.45, 7) is 7.82. The van der Waals surface area contributed by atoms with Crippen LogP contribution in [0.25, 0.3) is 0 Å². The molecule has 1 atom stereocenters. The number of benzene rings is 1. The van der Waals surface area contributed by atoms with Crippen molar-refractivity contribution in [2.24, 2.45) is 5.92 Å². The Bertz CT molecular complexity index is 305. The monoisotopic (exact) mass is 235 g/mol. The Hall–Kier alpha value is -1.02. The Labute approximate surface area is 105 Å². The molecule has 0 aliphatic heterocycles. The predicted molar refractivity (Wildman–Crippen MR) is 73.5 cm³/mol. The average molecular weight is 235 g/mol. The Balaban J connectivity index is 2.53. The number of nitrogens with one attached hydrogen (secondary N) is 1. The van der Waals surface area contributed by atoms with Gasteiger partial charge < -0.3 is 10.1 Å². The van der Waals surface area contributed by atoms with Gasteiger partial charge in [0.1, 0.15) is 5.75 Å². The lowest BCUT2D eigenvalue weighted by molar-refractivity contribution is 0.414. The van der Waals surface area contributed by atoms with E-state index in [1.54, 1.807) is 7.11 Å². The van der Waals surface area contributed by atoms with Crippen LogP contribution in [0, 0.1) is 5.92 Å². The predicted octanol–water partition coefficient (Wildman–Crippen LogP) is 3.78. The van der Waals surface area contributed by atoms with Gasteiger partial charge in [-0.05, 0) is 43.0 Å². The molecule has 0 aliphatic carbocycles. The van der Waals surface area contributed by atoms with Crippen molar-refractivity contribution in [1.82, 2.24) is 5.32 Å². The molecular formula is C15H25NO. The third-order valence-electron chi connectivity index (χ3n) is 3.04. The van der Waals surface area contributed by atoms with E-state index < -0.39 is 0 Å². The van der Waals surface area contributed by atoms with Crippen LogP contribution in [-0.4, -0.2) is 13.7 Å². The summed E-state index contributed by atoms with van der Waals surface area (Å²) >= 11 is 0. The third kappa shape index (κ3) is 4.78. The van der Waals surface area contributed by atoms with Crippen LogP contribution in [0.15, 0.2) is 24.3 Å². The summed E-state index contributed by atoms with van der Waals surface area (Å²) in [5, 5.41) is 3.61. The lowest BCUT2D eigenvalue weighted by Crippen LogP contribution is -2.22. The van der Waals surface area contributed by atoms with Gasteiger partial charge in [0.15, 0.2) is 0 Å². The maximum Gasteiger partial charge on any atom is 0.118 e. The molecule has 0 fully saturated rings. The second-order valence-corrected chi connectivity index (χ2v) is 4.87. The van der Waals surface area contributed by atoms with Crippen molar-refractivity contribution in [3.05, 3.63) is 29.8 Å². The molecule has 1 aromatic carbocycles. The van der Waals surface area contributed by atoms with E-state index in [2.05, 4.69) is 38.2 Å². The van der Waals surface area contributed by atoms with Crippen LogP contribution < -0.4 is 10.1 Å². The van der Waals surface area contributed by atoms with Gasteiger partial charge in [-0.3, -0.25) is 0 Å². The fraction of sp³-hybridized carbons (Fsp3) is 0.600. The molecule has 17 heavy (non-hydrogen) atoms. The molecule has 0 saturated carbocycles. The Morgan fingerprint density at radius 1 is 1.18 bits per heavy atom. The topological polar surface area (TPSA) is 21.3 Å². The molecule has 0 aromatic heterocycles. The van der Waals surface area contributed by atoms with Gasteiger partial charge >= 0.3 is 0 Å². The largest absolute Gasteiger partial charge is 0.497 e. The quantitative estimate of drug-likeness (QED) is 0.776. The summed E-state index contributed by atoms with van der Waals surface area (Å²) in [7, 11) is 1.70.